The van der Waals surface area contributed by atoms with Crippen molar-refractivity contribution in [1.82, 2.24) is 0 Å². The predicted molar refractivity (Wildman–Crippen MR) is 80.6 cm³/mol. The molecule has 114 valence electrons. The standard InChI is InChI=1S/C15H33N3O/c1-11-9-14(17)13(15(18)10-11)7-3-2-5-12(19)6-4-8-16/h11-15,19H,2-10,16-18H2,1H3. The summed E-state index contributed by atoms with van der Waals surface area (Å²) in [7, 11) is 0. The molecule has 19 heavy (non-hydrogen) atoms. The molecule has 0 spiro atoms. The third-order valence-electron chi connectivity index (χ3n) is 4.52. The van der Waals surface area contributed by atoms with Crippen LogP contribution in [0.2, 0.25) is 0 Å². The van der Waals surface area contributed by atoms with Crippen molar-refractivity contribution in [3.05, 3.63) is 0 Å². The molecule has 4 nitrogen and oxygen atoms in total. The van der Waals surface area contributed by atoms with Gasteiger partial charge >= 0.3 is 0 Å². The Labute approximate surface area is 118 Å². The van der Waals surface area contributed by atoms with E-state index in [2.05, 4.69) is 6.92 Å². The Morgan fingerprint density at radius 3 is 2.21 bits per heavy atom. The number of hydrogen-bond acceptors (Lipinski definition) is 4. The van der Waals surface area contributed by atoms with Crippen molar-refractivity contribution in [1.29, 1.82) is 0 Å². The molecular weight excluding hydrogens is 238 g/mol. The third-order valence-corrected chi connectivity index (χ3v) is 4.52. The first-order valence-corrected chi connectivity index (χ1v) is 7.93. The maximum Gasteiger partial charge on any atom is 0.0540 e. The molecular formula is C15H33N3O. The lowest BCUT2D eigenvalue weighted by molar-refractivity contribution is 0.145. The summed E-state index contributed by atoms with van der Waals surface area (Å²) in [6.45, 7) is 2.91. The lowest BCUT2D eigenvalue weighted by Gasteiger charge is -2.37. The molecule has 3 unspecified atom stereocenters. The molecule has 1 rings (SSSR count). The molecule has 4 heteroatoms. The molecule has 0 aromatic carbocycles. The summed E-state index contributed by atoms with van der Waals surface area (Å²) in [4.78, 5) is 0. The maximum absolute atomic E-state index is 9.75. The topological polar surface area (TPSA) is 98.3 Å². The van der Waals surface area contributed by atoms with Crippen molar-refractivity contribution in [3.8, 4) is 0 Å². The van der Waals surface area contributed by atoms with Crippen molar-refractivity contribution < 1.29 is 5.11 Å². The number of nitrogens with two attached hydrogens (primary N) is 3. The minimum atomic E-state index is -0.183. The molecule has 0 amide bonds. The van der Waals surface area contributed by atoms with Gasteiger partial charge in [-0.05, 0) is 56.9 Å². The minimum absolute atomic E-state index is 0.183. The number of rotatable bonds is 8. The van der Waals surface area contributed by atoms with E-state index in [1.165, 1.54) is 0 Å². The fourth-order valence-electron chi connectivity index (χ4n) is 3.38. The van der Waals surface area contributed by atoms with Gasteiger partial charge in [-0.3, -0.25) is 0 Å². The second-order valence-electron chi connectivity index (χ2n) is 6.44. The number of hydrogen-bond donors (Lipinski definition) is 4. The molecule has 1 fully saturated rings. The van der Waals surface area contributed by atoms with E-state index in [0.717, 1.165) is 51.4 Å². The zero-order chi connectivity index (χ0) is 14.3. The van der Waals surface area contributed by atoms with Gasteiger partial charge in [0.05, 0.1) is 6.10 Å². The van der Waals surface area contributed by atoms with Crippen LogP contribution in [0.15, 0.2) is 0 Å². The van der Waals surface area contributed by atoms with Crippen LogP contribution in [0.3, 0.4) is 0 Å². The van der Waals surface area contributed by atoms with Gasteiger partial charge in [-0.15, -0.1) is 0 Å². The fraction of sp³-hybridized carbons (Fsp3) is 1.00. The van der Waals surface area contributed by atoms with Crippen molar-refractivity contribution >= 4 is 0 Å². The third kappa shape index (κ3) is 6.21. The van der Waals surface area contributed by atoms with Gasteiger partial charge in [0.25, 0.3) is 0 Å². The summed E-state index contributed by atoms with van der Waals surface area (Å²) in [6, 6.07) is 0.529. The summed E-state index contributed by atoms with van der Waals surface area (Å²) in [5, 5.41) is 9.75. The summed E-state index contributed by atoms with van der Waals surface area (Å²) in [6.07, 6.45) is 7.96. The fourth-order valence-corrected chi connectivity index (χ4v) is 3.38. The summed E-state index contributed by atoms with van der Waals surface area (Å²) >= 11 is 0. The Hall–Kier alpha value is -0.160. The molecule has 0 saturated heterocycles. The molecule has 0 bridgehead atoms. The molecule has 0 heterocycles. The summed E-state index contributed by atoms with van der Waals surface area (Å²) in [5.41, 5.74) is 17.9. The second kappa shape index (κ2) is 8.90. The molecule has 7 N–H and O–H groups in total. The van der Waals surface area contributed by atoms with Crippen LogP contribution < -0.4 is 17.2 Å². The van der Waals surface area contributed by atoms with Crippen molar-refractivity contribution in [3.63, 3.8) is 0 Å². The van der Waals surface area contributed by atoms with Crippen molar-refractivity contribution in [2.45, 2.75) is 76.5 Å². The van der Waals surface area contributed by atoms with Crippen LogP contribution in [0.5, 0.6) is 0 Å². The highest BCUT2D eigenvalue weighted by atomic mass is 16.3. The zero-order valence-corrected chi connectivity index (χ0v) is 12.4. The number of aliphatic hydroxyl groups excluding tert-OH is 1. The van der Waals surface area contributed by atoms with Crippen LogP contribution in [0.25, 0.3) is 0 Å². The van der Waals surface area contributed by atoms with Crippen LogP contribution >= 0.6 is 0 Å². The van der Waals surface area contributed by atoms with E-state index in [1.807, 2.05) is 0 Å². The highest BCUT2D eigenvalue weighted by Gasteiger charge is 2.31. The van der Waals surface area contributed by atoms with Crippen LogP contribution in [0, 0.1) is 11.8 Å². The molecule has 3 atom stereocenters. The molecule has 0 aromatic heterocycles. The van der Waals surface area contributed by atoms with E-state index in [0.29, 0.717) is 18.4 Å². The largest absolute Gasteiger partial charge is 0.393 e. The van der Waals surface area contributed by atoms with Gasteiger partial charge in [0.15, 0.2) is 0 Å². The SMILES string of the molecule is CC1CC(N)C(CCCCC(O)CCCN)C(N)C1. The molecule has 1 saturated carbocycles. The monoisotopic (exact) mass is 271 g/mol. The Kier molecular flexibility index (Phi) is 7.91. The maximum atomic E-state index is 9.75. The number of aliphatic hydroxyl groups is 1. The normalized spacial score (nSPS) is 33.3. The van der Waals surface area contributed by atoms with Crippen molar-refractivity contribution in [2.24, 2.45) is 29.0 Å². The molecule has 1 aliphatic rings. The minimum Gasteiger partial charge on any atom is -0.393 e. The Balaban J connectivity index is 2.14. The van der Waals surface area contributed by atoms with E-state index < -0.39 is 0 Å². The van der Waals surface area contributed by atoms with Gasteiger partial charge in [0.1, 0.15) is 0 Å². The lowest BCUT2D eigenvalue weighted by Crippen LogP contribution is -2.48. The average Bonchev–Trinajstić information content (AvgIpc) is 2.34. The van der Waals surface area contributed by atoms with Gasteiger partial charge in [0, 0.05) is 12.1 Å². The van der Waals surface area contributed by atoms with Gasteiger partial charge in [-0.1, -0.05) is 19.8 Å². The Morgan fingerprint density at radius 2 is 1.63 bits per heavy atom. The Bertz CT molecular complexity index is 225. The van der Waals surface area contributed by atoms with E-state index >= 15 is 0 Å². The lowest BCUT2D eigenvalue weighted by atomic mass is 9.74. The van der Waals surface area contributed by atoms with Crippen LogP contribution in [0.4, 0.5) is 0 Å². The van der Waals surface area contributed by atoms with E-state index in [1.54, 1.807) is 0 Å². The average molecular weight is 271 g/mol. The van der Waals surface area contributed by atoms with E-state index in [-0.39, 0.29) is 18.2 Å². The molecule has 0 aromatic rings. The van der Waals surface area contributed by atoms with Crippen LogP contribution in [-0.4, -0.2) is 29.8 Å². The summed E-state index contributed by atoms with van der Waals surface area (Å²) in [5.74, 6) is 1.14. The smallest absolute Gasteiger partial charge is 0.0540 e. The van der Waals surface area contributed by atoms with Crippen LogP contribution in [0.1, 0.15) is 58.3 Å². The van der Waals surface area contributed by atoms with E-state index in [9.17, 15) is 5.11 Å². The van der Waals surface area contributed by atoms with Crippen LogP contribution in [-0.2, 0) is 0 Å². The number of unbranched alkanes of at least 4 members (excludes halogenated alkanes) is 1. The van der Waals surface area contributed by atoms with E-state index in [4.69, 9.17) is 17.2 Å². The predicted octanol–water partition coefficient (Wildman–Crippen LogP) is 1.35. The summed E-state index contributed by atoms with van der Waals surface area (Å²) < 4.78 is 0. The van der Waals surface area contributed by atoms with Crippen molar-refractivity contribution in [2.75, 3.05) is 6.54 Å². The zero-order valence-electron chi connectivity index (χ0n) is 12.4. The second-order valence-corrected chi connectivity index (χ2v) is 6.44. The highest BCUT2D eigenvalue weighted by Crippen LogP contribution is 2.30. The molecule has 0 radical (unpaired) electrons. The first-order chi connectivity index (χ1) is 9.04. The molecule has 1 aliphatic carbocycles. The first-order valence-electron chi connectivity index (χ1n) is 7.93. The van der Waals surface area contributed by atoms with Gasteiger partial charge in [-0.2, -0.15) is 0 Å². The highest BCUT2D eigenvalue weighted by molar-refractivity contribution is 4.89. The quantitative estimate of drug-likeness (QED) is 0.501. The van der Waals surface area contributed by atoms with Gasteiger partial charge in [-0.25, -0.2) is 0 Å². The first kappa shape index (κ1) is 16.9. The molecule has 0 aliphatic heterocycles. The Morgan fingerprint density at radius 1 is 1.05 bits per heavy atom. The van der Waals surface area contributed by atoms with Gasteiger partial charge in [0.2, 0.25) is 0 Å². The van der Waals surface area contributed by atoms with Gasteiger partial charge < -0.3 is 22.3 Å².